The number of hydrogen-bond acceptors (Lipinski definition) is 4. The molecule has 1 rings (SSSR count). The molecule has 0 radical (unpaired) electrons. The summed E-state index contributed by atoms with van der Waals surface area (Å²) in [6.07, 6.45) is -0.0164. The third-order valence-electron chi connectivity index (χ3n) is 2.97. The highest BCUT2D eigenvalue weighted by Crippen LogP contribution is 2.24. The van der Waals surface area contributed by atoms with Crippen LogP contribution in [0, 0.1) is 0 Å². The smallest absolute Gasteiger partial charge is 0.303 e. The first kappa shape index (κ1) is 16.0. The molecular formula is C14H20N2O4. The Kier molecular flexibility index (Phi) is 5.99. The second-order valence-electron chi connectivity index (χ2n) is 4.51. The summed E-state index contributed by atoms with van der Waals surface area (Å²) in [7, 11) is 1.56. The number of nitrogens with two attached hydrogens (primary N) is 1. The van der Waals surface area contributed by atoms with Crippen LogP contribution in [0.1, 0.15) is 31.4 Å². The molecule has 1 amide bonds. The molecule has 0 aliphatic rings. The molecule has 0 aliphatic carbocycles. The van der Waals surface area contributed by atoms with Crippen LogP contribution in [0.2, 0.25) is 0 Å². The minimum Gasteiger partial charge on any atom is -0.496 e. The monoisotopic (exact) mass is 280 g/mol. The molecule has 20 heavy (non-hydrogen) atoms. The summed E-state index contributed by atoms with van der Waals surface area (Å²) in [5, 5.41) is 11.3. The predicted octanol–water partition coefficient (Wildman–Crippen LogP) is 1.06. The van der Waals surface area contributed by atoms with E-state index in [1.165, 1.54) is 0 Å². The maximum absolute atomic E-state index is 11.9. The largest absolute Gasteiger partial charge is 0.496 e. The Hall–Kier alpha value is -2.08. The van der Waals surface area contributed by atoms with Crippen LogP contribution in [0.4, 0.5) is 0 Å². The Balaban J connectivity index is 2.63. The number of ether oxygens (including phenoxy) is 1. The van der Waals surface area contributed by atoms with Crippen LogP contribution in [0.15, 0.2) is 24.3 Å². The van der Waals surface area contributed by atoms with Gasteiger partial charge in [0.05, 0.1) is 19.2 Å². The number of rotatable bonds is 7. The van der Waals surface area contributed by atoms with Gasteiger partial charge in [-0.3, -0.25) is 9.59 Å². The van der Waals surface area contributed by atoms with E-state index in [4.69, 9.17) is 15.6 Å². The molecule has 2 atom stereocenters. The molecule has 1 aromatic rings. The maximum Gasteiger partial charge on any atom is 0.303 e. The molecule has 6 heteroatoms. The summed E-state index contributed by atoms with van der Waals surface area (Å²) in [6.45, 7) is 1.82. The average Bonchev–Trinajstić information content (AvgIpc) is 2.44. The highest BCUT2D eigenvalue weighted by atomic mass is 16.5. The number of aliphatic carboxylic acids is 1. The van der Waals surface area contributed by atoms with Crippen LogP contribution in [-0.4, -0.2) is 30.1 Å². The van der Waals surface area contributed by atoms with E-state index in [9.17, 15) is 9.59 Å². The summed E-state index contributed by atoms with van der Waals surface area (Å²) in [5.74, 6) is -0.657. The zero-order valence-electron chi connectivity index (χ0n) is 11.6. The minimum atomic E-state index is -0.967. The molecule has 6 nitrogen and oxygen atoms in total. The first-order chi connectivity index (χ1) is 9.45. The lowest BCUT2D eigenvalue weighted by Gasteiger charge is -2.19. The van der Waals surface area contributed by atoms with E-state index in [1.54, 1.807) is 7.11 Å². The van der Waals surface area contributed by atoms with Crippen LogP contribution in [0.25, 0.3) is 0 Å². The zero-order valence-corrected chi connectivity index (χ0v) is 11.6. The van der Waals surface area contributed by atoms with Crippen LogP contribution < -0.4 is 15.8 Å². The molecule has 0 fully saturated rings. The number of nitrogens with one attached hydrogen (secondary N) is 1. The number of benzene rings is 1. The summed E-state index contributed by atoms with van der Waals surface area (Å²) in [5.41, 5.74) is 6.50. The molecular weight excluding hydrogens is 260 g/mol. The van der Waals surface area contributed by atoms with Crippen molar-refractivity contribution < 1.29 is 19.4 Å². The van der Waals surface area contributed by atoms with Gasteiger partial charge in [0, 0.05) is 12.0 Å². The molecule has 0 saturated heterocycles. The van der Waals surface area contributed by atoms with Crippen LogP contribution in [0.5, 0.6) is 5.75 Å². The van der Waals surface area contributed by atoms with Gasteiger partial charge in [-0.05, 0) is 19.4 Å². The topological polar surface area (TPSA) is 102 Å². The number of hydrogen-bond donors (Lipinski definition) is 3. The van der Waals surface area contributed by atoms with Gasteiger partial charge in [0.1, 0.15) is 5.75 Å². The molecule has 2 unspecified atom stereocenters. The molecule has 0 aliphatic heterocycles. The summed E-state index contributed by atoms with van der Waals surface area (Å²) in [6, 6.07) is 6.26. The van der Waals surface area contributed by atoms with E-state index >= 15 is 0 Å². The number of carbonyl (C=O) groups is 2. The minimum absolute atomic E-state index is 0.111. The van der Waals surface area contributed by atoms with Gasteiger partial charge in [0.15, 0.2) is 0 Å². The summed E-state index contributed by atoms with van der Waals surface area (Å²) >= 11 is 0. The third kappa shape index (κ3) is 4.55. The number of carboxylic acid groups (broad SMARTS) is 1. The van der Waals surface area contributed by atoms with E-state index < -0.39 is 12.0 Å². The van der Waals surface area contributed by atoms with E-state index in [0.717, 1.165) is 5.56 Å². The van der Waals surface area contributed by atoms with Gasteiger partial charge in [0.2, 0.25) is 5.91 Å². The molecule has 0 heterocycles. The summed E-state index contributed by atoms with van der Waals surface area (Å²) in [4.78, 5) is 22.3. The standard InChI is InChI=1S/C14H20N2O4/c1-9(10-5-3-4-6-12(10)20-2)16-14(19)11(15)7-8-13(17)18/h3-6,9,11H,7-8,15H2,1-2H3,(H,16,19)(H,17,18). The van der Waals surface area contributed by atoms with Crippen molar-refractivity contribution in [2.45, 2.75) is 31.8 Å². The van der Waals surface area contributed by atoms with Gasteiger partial charge in [-0.1, -0.05) is 18.2 Å². The Morgan fingerprint density at radius 3 is 2.65 bits per heavy atom. The van der Waals surface area contributed by atoms with Crippen molar-refractivity contribution in [3.05, 3.63) is 29.8 Å². The zero-order chi connectivity index (χ0) is 15.1. The van der Waals surface area contributed by atoms with E-state index in [-0.39, 0.29) is 24.8 Å². The molecule has 1 aromatic carbocycles. The van der Waals surface area contributed by atoms with Crippen molar-refractivity contribution in [2.75, 3.05) is 7.11 Å². The fourth-order valence-corrected chi connectivity index (χ4v) is 1.83. The van der Waals surface area contributed by atoms with E-state index in [0.29, 0.717) is 5.75 Å². The number of amides is 1. The highest BCUT2D eigenvalue weighted by molar-refractivity contribution is 5.82. The second-order valence-corrected chi connectivity index (χ2v) is 4.51. The lowest BCUT2D eigenvalue weighted by Crippen LogP contribution is -2.41. The fraction of sp³-hybridized carbons (Fsp3) is 0.429. The molecule has 0 saturated carbocycles. The van der Waals surface area contributed by atoms with Crippen LogP contribution in [-0.2, 0) is 9.59 Å². The van der Waals surface area contributed by atoms with Crippen molar-refractivity contribution in [3.8, 4) is 5.75 Å². The molecule has 0 aromatic heterocycles. The van der Waals surface area contributed by atoms with E-state index in [1.807, 2.05) is 31.2 Å². The first-order valence-corrected chi connectivity index (χ1v) is 6.36. The van der Waals surface area contributed by atoms with Gasteiger partial charge in [-0.15, -0.1) is 0 Å². The summed E-state index contributed by atoms with van der Waals surface area (Å²) < 4.78 is 5.23. The third-order valence-corrected chi connectivity index (χ3v) is 2.97. The molecule has 4 N–H and O–H groups in total. The predicted molar refractivity (Wildman–Crippen MR) is 74.4 cm³/mol. The Morgan fingerprint density at radius 2 is 2.05 bits per heavy atom. The van der Waals surface area contributed by atoms with Crippen molar-refractivity contribution in [3.63, 3.8) is 0 Å². The molecule has 0 spiro atoms. The molecule has 0 bridgehead atoms. The molecule has 110 valence electrons. The second kappa shape index (κ2) is 7.49. The fourth-order valence-electron chi connectivity index (χ4n) is 1.83. The van der Waals surface area contributed by atoms with Gasteiger partial charge < -0.3 is 20.9 Å². The van der Waals surface area contributed by atoms with Crippen molar-refractivity contribution >= 4 is 11.9 Å². The quantitative estimate of drug-likeness (QED) is 0.693. The average molecular weight is 280 g/mol. The Bertz CT molecular complexity index is 476. The maximum atomic E-state index is 11.9. The van der Waals surface area contributed by atoms with Crippen LogP contribution >= 0.6 is 0 Å². The van der Waals surface area contributed by atoms with Crippen molar-refractivity contribution in [1.82, 2.24) is 5.32 Å². The SMILES string of the molecule is COc1ccccc1C(C)NC(=O)C(N)CCC(=O)O. The van der Waals surface area contributed by atoms with Crippen molar-refractivity contribution in [2.24, 2.45) is 5.73 Å². The Labute approximate surface area is 117 Å². The lowest BCUT2D eigenvalue weighted by molar-refractivity contribution is -0.137. The first-order valence-electron chi connectivity index (χ1n) is 6.36. The van der Waals surface area contributed by atoms with Gasteiger partial charge in [0.25, 0.3) is 0 Å². The number of carbonyl (C=O) groups excluding carboxylic acids is 1. The van der Waals surface area contributed by atoms with Crippen LogP contribution in [0.3, 0.4) is 0 Å². The highest BCUT2D eigenvalue weighted by Gasteiger charge is 2.19. The van der Waals surface area contributed by atoms with Gasteiger partial charge in [-0.2, -0.15) is 0 Å². The van der Waals surface area contributed by atoms with E-state index in [2.05, 4.69) is 5.32 Å². The Morgan fingerprint density at radius 1 is 1.40 bits per heavy atom. The van der Waals surface area contributed by atoms with Gasteiger partial charge >= 0.3 is 5.97 Å². The normalized spacial score (nSPS) is 13.3. The van der Waals surface area contributed by atoms with Crippen molar-refractivity contribution in [1.29, 1.82) is 0 Å². The lowest BCUT2D eigenvalue weighted by atomic mass is 10.1. The number of carboxylic acids is 1. The number of para-hydroxylation sites is 1. The van der Waals surface area contributed by atoms with Gasteiger partial charge in [-0.25, -0.2) is 0 Å². The number of methoxy groups -OCH3 is 1.